The third-order valence-corrected chi connectivity index (χ3v) is 4.62. The molecule has 1 aliphatic carbocycles. The van der Waals surface area contributed by atoms with Crippen molar-refractivity contribution in [2.45, 2.75) is 45.1 Å². The Hall–Kier alpha value is -2.04. The number of hydrogen-bond donors (Lipinski definition) is 0. The normalized spacial score (nSPS) is 21.4. The maximum atomic E-state index is 5.99. The highest BCUT2D eigenvalue weighted by Crippen LogP contribution is 2.39. The van der Waals surface area contributed by atoms with E-state index in [1.54, 1.807) is 0 Å². The van der Waals surface area contributed by atoms with Crippen LogP contribution in [0.15, 0.2) is 28.7 Å². The fourth-order valence-corrected chi connectivity index (χ4v) is 3.21. The fourth-order valence-electron chi connectivity index (χ4n) is 3.21. The molecular formula is C18H23N3O2. The number of ether oxygens (including phenoxy) is 1. The van der Waals surface area contributed by atoms with Crippen molar-refractivity contribution >= 4 is 5.69 Å². The fraction of sp³-hybridized carbons (Fsp3) is 0.556. The van der Waals surface area contributed by atoms with Crippen LogP contribution >= 0.6 is 0 Å². The van der Waals surface area contributed by atoms with Gasteiger partial charge in [0.1, 0.15) is 5.75 Å². The lowest BCUT2D eigenvalue weighted by molar-refractivity contribution is 0.258. The standard InChI is InChI=1S/C18H23N3O2/c1-13-5-4-10-21(11-13)15-6-2-3-7-16(15)22-12-17-19-20-18(23-17)14-8-9-14/h2-3,6-7,13-14H,4-5,8-12H2,1H3/t13-/m0/s1. The Labute approximate surface area is 136 Å². The molecule has 1 saturated heterocycles. The average molecular weight is 313 g/mol. The van der Waals surface area contributed by atoms with Crippen molar-refractivity contribution in [2.24, 2.45) is 5.92 Å². The van der Waals surface area contributed by atoms with Gasteiger partial charge in [0, 0.05) is 19.0 Å². The van der Waals surface area contributed by atoms with Gasteiger partial charge in [-0.1, -0.05) is 19.1 Å². The molecule has 2 aliphatic rings. The summed E-state index contributed by atoms with van der Waals surface area (Å²) in [5.74, 6) is 3.44. The van der Waals surface area contributed by atoms with E-state index in [0.29, 0.717) is 18.4 Å². The van der Waals surface area contributed by atoms with Crippen LogP contribution in [0.2, 0.25) is 0 Å². The maximum absolute atomic E-state index is 5.99. The number of aromatic nitrogens is 2. The first kappa shape index (κ1) is 14.5. The highest BCUT2D eigenvalue weighted by atomic mass is 16.5. The van der Waals surface area contributed by atoms with E-state index in [1.165, 1.54) is 31.4 Å². The lowest BCUT2D eigenvalue weighted by Crippen LogP contribution is -2.34. The zero-order valence-corrected chi connectivity index (χ0v) is 13.6. The topological polar surface area (TPSA) is 51.4 Å². The van der Waals surface area contributed by atoms with Gasteiger partial charge in [0.2, 0.25) is 5.89 Å². The lowest BCUT2D eigenvalue weighted by atomic mass is 9.99. The smallest absolute Gasteiger partial charge is 0.253 e. The third-order valence-electron chi connectivity index (χ3n) is 4.62. The predicted molar refractivity (Wildman–Crippen MR) is 87.7 cm³/mol. The summed E-state index contributed by atoms with van der Waals surface area (Å²) in [6.45, 7) is 4.83. The van der Waals surface area contributed by atoms with E-state index < -0.39 is 0 Å². The molecule has 122 valence electrons. The second-order valence-electron chi connectivity index (χ2n) is 6.76. The SMILES string of the molecule is C[C@H]1CCCN(c2ccccc2OCc2nnc(C3CC3)o2)C1. The Kier molecular flexibility index (Phi) is 3.93. The molecule has 1 aromatic carbocycles. The molecular weight excluding hydrogens is 290 g/mol. The van der Waals surface area contributed by atoms with E-state index in [2.05, 4.69) is 34.2 Å². The quantitative estimate of drug-likeness (QED) is 0.841. The molecule has 23 heavy (non-hydrogen) atoms. The maximum Gasteiger partial charge on any atom is 0.253 e. The molecule has 0 unspecified atom stereocenters. The number of nitrogens with zero attached hydrogens (tertiary/aromatic N) is 3. The summed E-state index contributed by atoms with van der Waals surface area (Å²) in [6.07, 6.45) is 4.88. The van der Waals surface area contributed by atoms with Gasteiger partial charge in [0.05, 0.1) is 5.69 Å². The Morgan fingerprint density at radius 3 is 2.91 bits per heavy atom. The summed E-state index contributed by atoms with van der Waals surface area (Å²) >= 11 is 0. The molecule has 2 fully saturated rings. The second kappa shape index (κ2) is 6.22. The van der Waals surface area contributed by atoms with Gasteiger partial charge >= 0.3 is 0 Å². The number of anilines is 1. The molecule has 1 aliphatic heterocycles. The number of rotatable bonds is 5. The van der Waals surface area contributed by atoms with Crippen molar-refractivity contribution in [1.29, 1.82) is 0 Å². The van der Waals surface area contributed by atoms with Crippen LogP contribution in [0.3, 0.4) is 0 Å². The molecule has 0 amide bonds. The molecule has 1 saturated carbocycles. The number of para-hydroxylation sites is 2. The van der Waals surface area contributed by atoms with Crippen LogP contribution in [-0.4, -0.2) is 23.3 Å². The van der Waals surface area contributed by atoms with E-state index in [4.69, 9.17) is 9.15 Å². The molecule has 0 radical (unpaired) electrons. The lowest BCUT2D eigenvalue weighted by Gasteiger charge is -2.33. The first-order valence-corrected chi connectivity index (χ1v) is 8.58. The van der Waals surface area contributed by atoms with Gasteiger partial charge in [-0.05, 0) is 43.7 Å². The van der Waals surface area contributed by atoms with E-state index >= 15 is 0 Å². The summed E-state index contributed by atoms with van der Waals surface area (Å²) in [7, 11) is 0. The first-order valence-electron chi connectivity index (χ1n) is 8.58. The first-order chi connectivity index (χ1) is 11.3. The molecule has 0 spiro atoms. The van der Waals surface area contributed by atoms with Gasteiger partial charge in [-0.3, -0.25) is 0 Å². The Morgan fingerprint density at radius 1 is 1.22 bits per heavy atom. The van der Waals surface area contributed by atoms with Crippen molar-refractivity contribution in [2.75, 3.05) is 18.0 Å². The van der Waals surface area contributed by atoms with Crippen LogP contribution in [0.1, 0.15) is 50.3 Å². The highest BCUT2D eigenvalue weighted by molar-refractivity contribution is 5.58. The Balaban J connectivity index is 1.45. The van der Waals surface area contributed by atoms with E-state index in [9.17, 15) is 0 Å². The summed E-state index contributed by atoms with van der Waals surface area (Å²) in [6, 6.07) is 8.23. The number of hydrogen-bond acceptors (Lipinski definition) is 5. The largest absolute Gasteiger partial charge is 0.482 e. The van der Waals surface area contributed by atoms with Gasteiger partial charge in [-0.2, -0.15) is 0 Å². The zero-order valence-electron chi connectivity index (χ0n) is 13.6. The number of benzene rings is 1. The molecule has 1 atom stereocenters. The molecule has 0 N–H and O–H groups in total. The monoisotopic (exact) mass is 313 g/mol. The van der Waals surface area contributed by atoms with Crippen LogP contribution in [0.4, 0.5) is 5.69 Å². The van der Waals surface area contributed by atoms with Gasteiger partial charge < -0.3 is 14.1 Å². The molecule has 1 aromatic heterocycles. The van der Waals surface area contributed by atoms with Crippen molar-refractivity contribution in [3.05, 3.63) is 36.0 Å². The molecule has 0 bridgehead atoms. The van der Waals surface area contributed by atoms with Crippen LogP contribution in [0, 0.1) is 5.92 Å². The van der Waals surface area contributed by atoms with Gasteiger partial charge in [0.25, 0.3) is 5.89 Å². The Bertz CT molecular complexity index is 666. The summed E-state index contributed by atoms with van der Waals surface area (Å²) in [5, 5.41) is 8.20. The van der Waals surface area contributed by atoms with Crippen LogP contribution in [-0.2, 0) is 6.61 Å². The zero-order chi connectivity index (χ0) is 15.6. The average Bonchev–Trinajstić information content (AvgIpc) is 3.32. The minimum absolute atomic E-state index is 0.333. The van der Waals surface area contributed by atoms with Crippen molar-refractivity contribution in [3.8, 4) is 5.75 Å². The second-order valence-corrected chi connectivity index (χ2v) is 6.76. The van der Waals surface area contributed by atoms with Gasteiger partial charge in [-0.25, -0.2) is 0 Å². The molecule has 4 rings (SSSR count). The Morgan fingerprint density at radius 2 is 2.09 bits per heavy atom. The van der Waals surface area contributed by atoms with Crippen LogP contribution < -0.4 is 9.64 Å². The van der Waals surface area contributed by atoms with Crippen LogP contribution in [0.25, 0.3) is 0 Å². The van der Waals surface area contributed by atoms with E-state index in [0.717, 1.165) is 30.6 Å². The molecule has 2 heterocycles. The van der Waals surface area contributed by atoms with E-state index in [1.807, 2.05) is 12.1 Å². The van der Waals surface area contributed by atoms with Crippen LogP contribution in [0.5, 0.6) is 5.75 Å². The van der Waals surface area contributed by atoms with Crippen molar-refractivity contribution in [3.63, 3.8) is 0 Å². The summed E-state index contributed by atoms with van der Waals surface area (Å²) in [5.41, 5.74) is 1.17. The van der Waals surface area contributed by atoms with E-state index in [-0.39, 0.29) is 0 Å². The molecule has 5 nitrogen and oxygen atoms in total. The highest BCUT2D eigenvalue weighted by Gasteiger charge is 2.29. The summed E-state index contributed by atoms with van der Waals surface area (Å²) in [4.78, 5) is 2.42. The summed E-state index contributed by atoms with van der Waals surface area (Å²) < 4.78 is 11.7. The van der Waals surface area contributed by atoms with Gasteiger partial charge in [-0.15, -0.1) is 10.2 Å². The minimum Gasteiger partial charge on any atom is -0.482 e. The minimum atomic E-state index is 0.333. The molecule has 2 aromatic rings. The predicted octanol–water partition coefficient (Wildman–Crippen LogP) is 3.76. The van der Waals surface area contributed by atoms with Gasteiger partial charge in [0.15, 0.2) is 6.61 Å². The number of piperidine rings is 1. The van der Waals surface area contributed by atoms with Crippen molar-refractivity contribution in [1.82, 2.24) is 10.2 Å². The molecule has 5 heteroatoms. The third kappa shape index (κ3) is 3.33. The van der Waals surface area contributed by atoms with Crippen molar-refractivity contribution < 1.29 is 9.15 Å².